The summed E-state index contributed by atoms with van der Waals surface area (Å²) in [7, 11) is 1.70. The normalized spacial score (nSPS) is 19.7. The number of aliphatic hydroxyl groups is 1. The fourth-order valence-corrected chi connectivity index (χ4v) is 2.97. The smallest absolute Gasteiger partial charge is 0.270 e. The lowest BCUT2D eigenvalue weighted by Crippen LogP contribution is -2.57. The molecule has 0 radical (unpaired) electrons. The fourth-order valence-electron chi connectivity index (χ4n) is 2.97. The lowest BCUT2D eigenvalue weighted by atomic mass is 10.1. The number of fused-ring (bicyclic) bond motifs is 1. The highest BCUT2D eigenvalue weighted by Crippen LogP contribution is 2.28. The van der Waals surface area contributed by atoms with Crippen molar-refractivity contribution in [1.29, 1.82) is 0 Å². The second-order valence-corrected chi connectivity index (χ2v) is 5.86. The highest BCUT2D eigenvalue weighted by Gasteiger charge is 2.28. The van der Waals surface area contributed by atoms with E-state index >= 15 is 0 Å². The summed E-state index contributed by atoms with van der Waals surface area (Å²) in [6, 6.07) is 5.06. The van der Waals surface area contributed by atoms with Gasteiger partial charge in [-0.05, 0) is 19.1 Å². The van der Waals surface area contributed by atoms with E-state index in [4.69, 9.17) is 6.57 Å². The molecule has 1 aliphatic rings. The Kier molecular flexibility index (Phi) is 7.31. The third-order valence-corrected chi connectivity index (χ3v) is 4.35. The summed E-state index contributed by atoms with van der Waals surface area (Å²) in [5.41, 5.74) is 1.95. The molecule has 0 spiro atoms. The van der Waals surface area contributed by atoms with Gasteiger partial charge in [-0.3, -0.25) is 4.79 Å². The average Bonchev–Trinajstić information content (AvgIpc) is 2.58. The predicted molar refractivity (Wildman–Crippen MR) is 110 cm³/mol. The van der Waals surface area contributed by atoms with Gasteiger partial charge in [0.2, 0.25) is 5.52 Å². The van der Waals surface area contributed by atoms with Gasteiger partial charge in [0.1, 0.15) is 0 Å². The number of hydrogen-bond donors (Lipinski definition) is 2. The van der Waals surface area contributed by atoms with Crippen LogP contribution in [-0.2, 0) is 7.05 Å². The molecule has 2 atom stereocenters. The summed E-state index contributed by atoms with van der Waals surface area (Å²) in [6.07, 6.45) is 0. The van der Waals surface area contributed by atoms with Gasteiger partial charge in [0.25, 0.3) is 11.4 Å². The van der Waals surface area contributed by atoms with E-state index in [1.807, 2.05) is 0 Å². The number of aryl methyl sites for hydroxylation is 1. The van der Waals surface area contributed by atoms with Crippen molar-refractivity contribution in [3.63, 3.8) is 0 Å². The topological polar surface area (TPSA) is 74.8 Å². The lowest BCUT2D eigenvalue weighted by Gasteiger charge is -2.39. The van der Waals surface area contributed by atoms with Gasteiger partial charge in [-0.15, -0.1) is 4.98 Å². The largest absolute Gasteiger partial charge is 0.395 e. The molecule has 136 valence electrons. The molecule has 2 aromatic rings. The van der Waals surface area contributed by atoms with Gasteiger partial charge in [-0.1, -0.05) is 6.57 Å². The number of aliphatic hydroxyl groups excluding tert-OH is 1. The summed E-state index contributed by atoms with van der Waals surface area (Å²) >= 11 is 0. The van der Waals surface area contributed by atoms with Crippen LogP contribution in [0.4, 0.5) is 11.5 Å². The summed E-state index contributed by atoms with van der Waals surface area (Å²) < 4.78 is 1.54. The van der Waals surface area contributed by atoms with Crippen molar-refractivity contribution in [1.82, 2.24) is 14.9 Å². The zero-order chi connectivity index (χ0) is 16.6. The molecule has 0 unspecified atom stereocenters. The quantitative estimate of drug-likeness (QED) is 0.755. The number of aromatic nitrogens is 2. The maximum Gasteiger partial charge on any atom is 0.270 e. The van der Waals surface area contributed by atoms with Crippen molar-refractivity contribution in [3.8, 4) is 0 Å². The maximum absolute atomic E-state index is 12.3. The van der Waals surface area contributed by atoms with Gasteiger partial charge in [-0.2, -0.15) is 27.0 Å². The van der Waals surface area contributed by atoms with Crippen LogP contribution < -0.4 is 15.8 Å². The molecule has 3 rings (SSSR count). The van der Waals surface area contributed by atoms with Gasteiger partial charge < -0.3 is 24.7 Å². The Morgan fingerprint density at radius 3 is 2.80 bits per heavy atom. The SMILES string of the molecule is S.S.[C-]#[N+]c1ccc2c(n1)c(N1C[C@@H](CO)NC[C@@H]1C)cc(=O)n2C. The number of hydrogen-bond acceptors (Lipinski definition) is 5. The Morgan fingerprint density at radius 2 is 2.16 bits per heavy atom. The number of pyridine rings is 2. The zero-order valence-corrected chi connectivity index (χ0v) is 16.2. The third-order valence-electron chi connectivity index (χ3n) is 4.35. The van der Waals surface area contributed by atoms with Gasteiger partial charge in [0.15, 0.2) is 0 Å². The van der Waals surface area contributed by atoms with Crippen LogP contribution in [-0.4, -0.2) is 46.4 Å². The van der Waals surface area contributed by atoms with Crippen molar-refractivity contribution in [3.05, 3.63) is 40.0 Å². The van der Waals surface area contributed by atoms with Crippen LogP contribution in [0.15, 0.2) is 23.0 Å². The monoisotopic (exact) mass is 381 g/mol. The Hall–Kier alpha value is -1.73. The van der Waals surface area contributed by atoms with Crippen molar-refractivity contribution < 1.29 is 5.11 Å². The minimum Gasteiger partial charge on any atom is -0.395 e. The average molecular weight is 382 g/mol. The van der Waals surface area contributed by atoms with Crippen LogP contribution in [0.25, 0.3) is 15.9 Å². The standard InChI is InChI=1S/C16H19N5O2.2H2S/c1-10-7-18-11(9-22)8-21(10)13-6-15(23)20(3)12-4-5-14(17-2)19-16(12)13;;/h4-6,10-11,18,22H,7-9H2,1,3H3;2*1H2/t10-,11-;;/m0../s1. The van der Waals surface area contributed by atoms with Crippen LogP contribution in [0.3, 0.4) is 0 Å². The van der Waals surface area contributed by atoms with Crippen LogP contribution in [0.2, 0.25) is 0 Å². The van der Waals surface area contributed by atoms with Crippen LogP contribution in [0, 0.1) is 6.57 Å². The molecule has 3 heterocycles. The van der Waals surface area contributed by atoms with E-state index in [1.165, 1.54) is 4.57 Å². The van der Waals surface area contributed by atoms with Crippen molar-refractivity contribution in [2.75, 3.05) is 24.6 Å². The molecule has 0 saturated carbocycles. The lowest BCUT2D eigenvalue weighted by molar-refractivity contribution is 0.227. The highest BCUT2D eigenvalue weighted by molar-refractivity contribution is 7.59. The first kappa shape index (κ1) is 21.3. The van der Waals surface area contributed by atoms with Gasteiger partial charge >= 0.3 is 0 Å². The Balaban J connectivity index is 0.00000156. The van der Waals surface area contributed by atoms with Crippen molar-refractivity contribution in [2.24, 2.45) is 7.05 Å². The minimum atomic E-state index is -0.115. The molecule has 1 fully saturated rings. The molecule has 25 heavy (non-hydrogen) atoms. The molecule has 2 N–H and O–H groups in total. The van der Waals surface area contributed by atoms with E-state index in [-0.39, 0.29) is 51.2 Å². The number of rotatable bonds is 2. The van der Waals surface area contributed by atoms with Gasteiger partial charge in [-0.25, -0.2) is 0 Å². The number of nitrogens with zero attached hydrogens (tertiary/aromatic N) is 4. The molecular formula is C16H23N5O2S2. The van der Waals surface area contributed by atoms with E-state index in [0.29, 0.717) is 29.9 Å². The summed E-state index contributed by atoms with van der Waals surface area (Å²) in [5, 5.41) is 12.7. The molecule has 0 bridgehead atoms. The maximum atomic E-state index is 12.3. The van der Waals surface area contributed by atoms with E-state index in [9.17, 15) is 9.90 Å². The number of nitrogens with one attached hydrogen (secondary N) is 1. The molecular weight excluding hydrogens is 358 g/mol. The molecule has 1 saturated heterocycles. The fraction of sp³-hybridized carbons (Fsp3) is 0.438. The van der Waals surface area contributed by atoms with Crippen molar-refractivity contribution >= 4 is 49.5 Å². The first-order valence-corrected chi connectivity index (χ1v) is 7.54. The highest BCUT2D eigenvalue weighted by atomic mass is 32.1. The van der Waals surface area contributed by atoms with E-state index in [0.717, 1.165) is 5.69 Å². The summed E-state index contributed by atoms with van der Waals surface area (Å²) in [6.45, 7) is 10.6. The van der Waals surface area contributed by atoms with E-state index in [2.05, 4.69) is 27.0 Å². The first-order valence-electron chi connectivity index (χ1n) is 7.54. The molecule has 9 heteroatoms. The first-order chi connectivity index (χ1) is 11.0. The van der Waals surface area contributed by atoms with Gasteiger partial charge in [0, 0.05) is 38.3 Å². The third kappa shape index (κ3) is 3.93. The van der Waals surface area contributed by atoms with E-state index in [1.54, 1.807) is 25.2 Å². The van der Waals surface area contributed by atoms with Crippen LogP contribution >= 0.6 is 27.0 Å². The predicted octanol–water partition coefficient (Wildman–Crippen LogP) is 0.869. The van der Waals surface area contributed by atoms with Crippen LogP contribution in [0.5, 0.6) is 0 Å². The second kappa shape index (κ2) is 8.58. The molecule has 2 aromatic heterocycles. The summed E-state index contributed by atoms with van der Waals surface area (Å²) in [4.78, 5) is 22.2. The summed E-state index contributed by atoms with van der Waals surface area (Å²) in [5.74, 6) is 0.305. The van der Waals surface area contributed by atoms with Gasteiger partial charge in [0.05, 0.1) is 17.8 Å². The molecule has 1 aliphatic heterocycles. The Morgan fingerprint density at radius 1 is 1.44 bits per heavy atom. The molecule has 0 aromatic carbocycles. The zero-order valence-electron chi connectivity index (χ0n) is 14.2. The number of piperazine rings is 1. The Bertz CT molecular complexity index is 849. The molecule has 7 nitrogen and oxygen atoms in total. The molecule has 0 aliphatic carbocycles. The number of anilines is 1. The second-order valence-electron chi connectivity index (χ2n) is 5.86. The molecule has 0 amide bonds. The van der Waals surface area contributed by atoms with Crippen molar-refractivity contribution in [2.45, 2.75) is 19.0 Å². The Labute approximate surface area is 160 Å². The van der Waals surface area contributed by atoms with Crippen LogP contribution in [0.1, 0.15) is 6.92 Å². The minimum absolute atomic E-state index is 0. The van der Waals surface area contributed by atoms with E-state index < -0.39 is 0 Å².